The molecule has 1 atom stereocenters. The zero-order valence-corrected chi connectivity index (χ0v) is 16.5. The summed E-state index contributed by atoms with van der Waals surface area (Å²) in [5.41, 5.74) is 1.47. The van der Waals surface area contributed by atoms with Gasteiger partial charge in [-0.05, 0) is 31.2 Å². The van der Waals surface area contributed by atoms with Gasteiger partial charge in [-0.1, -0.05) is 18.2 Å². The minimum atomic E-state index is -0.690. The van der Waals surface area contributed by atoms with Crippen LogP contribution in [0.15, 0.2) is 53.6 Å². The third-order valence-corrected chi connectivity index (χ3v) is 4.40. The fourth-order valence-corrected chi connectivity index (χ4v) is 3.01. The average Bonchev–Trinajstić information content (AvgIpc) is 3.20. The van der Waals surface area contributed by atoms with Crippen LogP contribution < -0.4 is 19.8 Å². The first kappa shape index (κ1) is 20.2. The molecule has 1 heterocycles. The van der Waals surface area contributed by atoms with Crippen molar-refractivity contribution in [1.29, 1.82) is 0 Å². The molecule has 0 saturated heterocycles. The van der Waals surface area contributed by atoms with Crippen molar-refractivity contribution in [3.8, 4) is 11.5 Å². The molecular weight excluding hydrogens is 374 g/mol. The Kier molecular flexibility index (Phi) is 6.33. The first-order valence-electron chi connectivity index (χ1n) is 9.19. The van der Waals surface area contributed by atoms with Gasteiger partial charge < -0.3 is 19.5 Å². The average molecular weight is 397 g/mol. The molecular formula is C21H23N3O5. The molecule has 0 aromatic heterocycles. The van der Waals surface area contributed by atoms with Crippen molar-refractivity contribution in [2.24, 2.45) is 5.10 Å². The smallest absolute Gasteiger partial charge is 0.354 e. The van der Waals surface area contributed by atoms with Crippen LogP contribution in [0.25, 0.3) is 0 Å². The minimum absolute atomic E-state index is 0.146. The SMILES string of the molecule is CCOC(=O)C1=NN(c2ccccc2)C(C(=O)Nc2ccc(OC)c(OC)c2)C1. The van der Waals surface area contributed by atoms with Crippen molar-refractivity contribution < 1.29 is 23.8 Å². The van der Waals surface area contributed by atoms with E-state index in [1.165, 1.54) is 7.11 Å². The van der Waals surface area contributed by atoms with E-state index < -0.39 is 12.0 Å². The molecule has 152 valence electrons. The van der Waals surface area contributed by atoms with Crippen LogP contribution in [0, 0.1) is 0 Å². The standard InChI is InChI=1S/C21H23N3O5/c1-4-29-21(26)16-13-17(24(23-16)15-8-6-5-7-9-15)20(25)22-14-10-11-18(27-2)19(12-14)28-3/h5-12,17H,4,13H2,1-3H3,(H,22,25). The second-order valence-corrected chi connectivity index (χ2v) is 6.23. The zero-order valence-electron chi connectivity index (χ0n) is 16.5. The monoisotopic (exact) mass is 397 g/mol. The van der Waals surface area contributed by atoms with E-state index in [1.54, 1.807) is 37.2 Å². The molecule has 2 aromatic carbocycles. The normalized spacial score (nSPS) is 15.5. The summed E-state index contributed by atoms with van der Waals surface area (Å²) in [6.45, 7) is 1.97. The Morgan fingerprint density at radius 1 is 1.10 bits per heavy atom. The highest BCUT2D eigenvalue weighted by atomic mass is 16.5. The summed E-state index contributed by atoms with van der Waals surface area (Å²) in [7, 11) is 3.07. The molecule has 1 unspecified atom stereocenters. The first-order valence-corrected chi connectivity index (χ1v) is 9.19. The summed E-state index contributed by atoms with van der Waals surface area (Å²) in [5.74, 6) is 0.240. The number of methoxy groups -OCH3 is 2. The molecule has 0 fully saturated rings. The van der Waals surface area contributed by atoms with Crippen LogP contribution in [0.5, 0.6) is 11.5 Å². The summed E-state index contributed by atoms with van der Waals surface area (Å²) in [6, 6.07) is 13.6. The van der Waals surface area contributed by atoms with E-state index in [9.17, 15) is 9.59 Å². The van der Waals surface area contributed by atoms with Gasteiger partial charge >= 0.3 is 5.97 Å². The Labute approximate surface area is 169 Å². The number of para-hydroxylation sites is 1. The third kappa shape index (κ3) is 4.48. The fourth-order valence-electron chi connectivity index (χ4n) is 3.01. The van der Waals surface area contributed by atoms with Crippen molar-refractivity contribution in [1.82, 2.24) is 0 Å². The van der Waals surface area contributed by atoms with Crippen molar-refractivity contribution in [2.45, 2.75) is 19.4 Å². The molecule has 0 saturated carbocycles. The quantitative estimate of drug-likeness (QED) is 0.723. The first-order chi connectivity index (χ1) is 14.1. The Morgan fingerprint density at radius 2 is 1.83 bits per heavy atom. The van der Waals surface area contributed by atoms with Gasteiger partial charge in [-0.15, -0.1) is 0 Å². The summed E-state index contributed by atoms with van der Waals surface area (Å²) in [5, 5.41) is 8.76. The molecule has 0 bridgehead atoms. The summed E-state index contributed by atoms with van der Waals surface area (Å²) in [4.78, 5) is 25.2. The number of hydrazone groups is 1. The van der Waals surface area contributed by atoms with E-state index in [4.69, 9.17) is 14.2 Å². The molecule has 1 amide bonds. The van der Waals surface area contributed by atoms with Crippen LogP contribution in [0.4, 0.5) is 11.4 Å². The van der Waals surface area contributed by atoms with Crippen LogP contribution in [0.1, 0.15) is 13.3 Å². The maximum atomic E-state index is 13.0. The van der Waals surface area contributed by atoms with Crippen molar-refractivity contribution in [3.05, 3.63) is 48.5 Å². The largest absolute Gasteiger partial charge is 0.493 e. The third-order valence-electron chi connectivity index (χ3n) is 4.40. The van der Waals surface area contributed by atoms with Gasteiger partial charge in [0.15, 0.2) is 11.5 Å². The van der Waals surface area contributed by atoms with Crippen LogP contribution in [-0.2, 0) is 14.3 Å². The maximum Gasteiger partial charge on any atom is 0.354 e. The van der Waals surface area contributed by atoms with Gasteiger partial charge in [0.25, 0.3) is 0 Å². The van der Waals surface area contributed by atoms with E-state index in [0.717, 1.165) is 0 Å². The zero-order chi connectivity index (χ0) is 20.8. The van der Waals surface area contributed by atoms with Gasteiger partial charge in [0, 0.05) is 18.2 Å². The minimum Gasteiger partial charge on any atom is -0.493 e. The number of hydrogen-bond acceptors (Lipinski definition) is 7. The number of carbonyl (C=O) groups is 2. The predicted octanol–water partition coefficient (Wildman–Crippen LogP) is 2.84. The molecule has 8 heteroatoms. The Hall–Kier alpha value is -3.55. The predicted molar refractivity (Wildman–Crippen MR) is 110 cm³/mol. The van der Waals surface area contributed by atoms with Crippen molar-refractivity contribution >= 4 is 29.0 Å². The lowest BCUT2D eigenvalue weighted by molar-refractivity contribution is -0.135. The number of amides is 1. The van der Waals surface area contributed by atoms with Gasteiger partial charge in [-0.2, -0.15) is 5.10 Å². The number of rotatable bonds is 7. The second-order valence-electron chi connectivity index (χ2n) is 6.23. The molecule has 1 aliphatic rings. The van der Waals surface area contributed by atoms with Gasteiger partial charge in [-0.25, -0.2) is 4.79 Å². The van der Waals surface area contributed by atoms with Gasteiger partial charge in [0.2, 0.25) is 5.91 Å². The molecule has 8 nitrogen and oxygen atoms in total. The highest BCUT2D eigenvalue weighted by Crippen LogP contribution is 2.31. The van der Waals surface area contributed by atoms with E-state index in [1.807, 2.05) is 30.3 Å². The molecule has 0 radical (unpaired) electrons. The van der Waals surface area contributed by atoms with E-state index in [2.05, 4.69) is 10.4 Å². The lowest BCUT2D eigenvalue weighted by Gasteiger charge is -2.23. The molecule has 1 aliphatic heterocycles. The second kappa shape index (κ2) is 9.09. The highest BCUT2D eigenvalue weighted by Gasteiger charge is 2.37. The van der Waals surface area contributed by atoms with Crippen LogP contribution in [0.2, 0.25) is 0 Å². The van der Waals surface area contributed by atoms with Crippen LogP contribution in [0.3, 0.4) is 0 Å². The van der Waals surface area contributed by atoms with E-state index in [0.29, 0.717) is 22.9 Å². The number of ether oxygens (including phenoxy) is 3. The number of nitrogens with one attached hydrogen (secondary N) is 1. The number of esters is 1. The lowest BCUT2D eigenvalue weighted by Crippen LogP contribution is -2.38. The lowest BCUT2D eigenvalue weighted by atomic mass is 10.1. The fraction of sp³-hybridized carbons (Fsp3) is 0.286. The van der Waals surface area contributed by atoms with E-state index >= 15 is 0 Å². The van der Waals surface area contributed by atoms with Crippen LogP contribution >= 0.6 is 0 Å². The molecule has 0 aliphatic carbocycles. The van der Waals surface area contributed by atoms with Crippen LogP contribution in [-0.4, -0.2) is 44.5 Å². The molecule has 1 N–H and O–H groups in total. The molecule has 29 heavy (non-hydrogen) atoms. The van der Waals surface area contributed by atoms with Crippen molar-refractivity contribution in [2.75, 3.05) is 31.2 Å². The number of benzene rings is 2. The number of anilines is 2. The molecule has 3 rings (SSSR count). The summed E-state index contributed by atoms with van der Waals surface area (Å²) < 4.78 is 15.6. The Bertz CT molecular complexity index is 914. The number of nitrogens with zero attached hydrogens (tertiary/aromatic N) is 2. The topological polar surface area (TPSA) is 89.5 Å². The Morgan fingerprint density at radius 3 is 2.48 bits per heavy atom. The van der Waals surface area contributed by atoms with Crippen molar-refractivity contribution in [3.63, 3.8) is 0 Å². The highest BCUT2D eigenvalue weighted by molar-refractivity contribution is 6.38. The van der Waals surface area contributed by atoms with Gasteiger partial charge in [-0.3, -0.25) is 9.80 Å². The Balaban J connectivity index is 1.83. The van der Waals surface area contributed by atoms with Gasteiger partial charge in [0.05, 0.1) is 26.5 Å². The summed E-state index contributed by atoms with van der Waals surface area (Å²) in [6.07, 6.45) is 0.146. The molecule has 2 aromatic rings. The van der Waals surface area contributed by atoms with E-state index in [-0.39, 0.29) is 24.6 Å². The summed E-state index contributed by atoms with van der Waals surface area (Å²) >= 11 is 0. The molecule has 0 spiro atoms. The number of carbonyl (C=O) groups excluding carboxylic acids is 2. The number of hydrogen-bond donors (Lipinski definition) is 1. The van der Waals surface area contributed by atoms with Gasteiger partial charge in [0.1, 0.15) is 11.8 Å². The maximum absolute atomic E-state index is 13.0.